The Bertz CT molecular complexity index is 3000. The molecule has 0 fully saturated rings. The summed E-state index contributed by atoms with van der Waals surface area (Å²) < 4.78 is 6.52. The van der Waals surface area contributed by atoms with E-state index in [-0.39, 0.29) is 11.2 Å². The van der Waals surface area contributed by atoms with E-state index in [1.165, 1.54) is 11.1 Å². The second kappa shape index (κ2) is 17.1. The first-order valence-corrected chi connectivity index (χ1v) is 20.0. The maximum Gasteiger partial charge on any atom is 0.300 e. The maximum absolute atomic E-state index is 14.3. The fraction of sp³-hybridized carbons (Fsp3) is 0.0741. The lowest BCUT2D eigenvalue weighted by Crippen LogP contribution is -2.12. The first-order valence-electron chi connectivity index (χ1n) is 20.0. The third-order valence-corrected chi connectivity index (χ3v) is 10.8. The van der Waals surface area contributed by atoms with Crippen LogP contribution >= 0.6 is 0 Å². The van der Waals surface area contributed by atoms with Gasteiger partial charge in [0.2, 0.25) is 5.43 Å². The Morgan fingerprint density at radius 1 is 0.492 bits per heavy atom. The Hall–Kier alpha value is -7.90. The molecule has 9 aromatic rings. The average molecular weight is 801 g/mol. The van der Waals surface area contributed by atoms with Crippen LogP contribution < -0.4 is 15.2 Å². The number of phenolic OH excluding ortho intramolecular Hbond substituents is 1. The summed E-state index contributed by atoms with van der Waals surface area (Å²) >= 11 is 0. The number of hydrogen-bond acceptors (Lipinski definition) is 6. The predicted molar refractivity (Wildman–Crippen MR) is 249 cm³/mol. The third-order valence-electron chi connectivity index (χ3n) is 10.8. The van der Waals surface area contributed by atoms with E-state index in [1.54, 1.807) is 6.07 Å². The molecule has 0 bridgehead atoms. The van der Waals surface area contributed by atoms with E-state index in [9.17, 15) is 9.90 Å². The SMILES string of the molecule is CC(=O)O.Cc1ccccc1N(c1ccc(-c2cccc3oc4cc(-c5ccc(N(c6ccccc6C)c6ccccc6O)cc5)ccc4c(=O)c23)cc1)c1ccccc1C. The minimum atomic E-state index is -0.833. The summed E-state index contributed by atoms with van der Waals surface area (Å²) in [5.74, 6) is -0.635. The van der Waals surface area contributed by atoms with Gasteiger partial charge in [0.05, 0.1) is 16.5 Å². The van der Waals surface area contributed by atoms with Gasteiger partial charge in [0.1, 0.15) is 16.9 Å². The smallest absolute Gasteiger partial charge is 0.300 e. The molecule has 1 heterocycles. The summed E-state index contributed by atoms with van der Waals surface area (Å²) in [7, 11) is 0. The van der Waals surface area contributed by atoms with Gasteiger partial charge < -0.3 is 24.4 Å². The topological polar surface area (TPSA) is 94.2 Å². The molecule has 0 saturated carbocycles. The van der Waals surface area contributed by atoms with Crippen LogP contribution in [0, 0.1) is 20.8 Å². The number of carbonyl (C=O) groups is 1. The molecular weight excluding hydrogens is 757 g/mol. The molecule has 0 aliphatic rings. The van der Waals surface area contributed by atoms with Gasteiger partial charge in [-0.05, 0) is 133 Å². The van der Waals surface area contributed by atoms with Crippen LogP contribution in [-0.4, -0.2) is 16.2 Å². The summed E-state index contributed by atoms with van der Waals surface area (Å²) in [5.41, 5.74) is 14.0. The number of para-hydroxylation sites is 5. The number of phenols is 1. The molecule has 8 aromatic carbocycles. The first-order chi connectivity index (χ1) is 29.6. The van der Waals surface area contributed by atoms with Crippen molar-refractivity contribution in [1.82, 2.24) is 0 Å². The first kappa shape index (κ1) is 39.9. The number of rotatable bonds is 8. The highest BCUT2D eigenvalue weighted by atomic mass is 16.4. The maximum atomic E-state index is 14.3. The molecule has 7 heteroatoms. The van der Waals surface area contributed by atoms with E-state index in [1.807, 2.05) is 78.9 Å². The summed E-state index contributed by atoms with van der Waals surface area (Å²) in [6.07, 6.45) is 0. The van der Waals surface area contributed by atoms with Crippen molar-refractivity contribution < 1.29 is 19.4 Å². The summed E-state index contributed by atoms with van der Waals surface area (Å²) in [4.78, 5) is 27.7. The van der Waals surface area contributed by atoms with Gasteiger partial charge in [0, 0.05) is 35.4 Å². The van der Waals surface area contributed by atoms with E-state index < -0.39 is 5.97 Å². The number of benzene rings is 8. The predicted octanol–water partition coefficient (Wildman–Crippen LogP) is 13.9. The van der Waals surface area contributed by atoms with Crippen molar-refractivity contribution in [3.05, 3.63) is 209 Å². The lowest BCUT2D eigenvalue weighted by atomic mass is 9.98. The zero-order valence-electron chi connectivity index (χ0n) is 34.3. The lowest BCUT2D eigenvalue weighted by Gasteiger charge is -2.28. The second-order valence-corrected chi connectivity index (χ2v) is 15.0. The Balaban J connectivity index is 0.00000123. The molecule has 0 saturated heterocycles. The normalized spacial score (nSPS) is 10.9. The van der Waals surface area contributed by atoms with Gasteiger partial charge >= 0.3 is 0 Å². The van der Waals surface area contributed by atoms with Crippen molar-refractivity contribution in [2.24, 2.45) is 0 Å². The molecule has 0 aliphatic carbocycles. The highest BCUT2D eigenvalue weighted by Gasteiger charge is 2.20. The van der Waals surface area contributed by atoms with Gasteiger partial charge in [-0.25, -0.2) is 0 Å². The molecule has 9 rings (SSSR count). The van der Waals surface area contributed by atoms with Crippen LogP contribution in [0.15, 0.2) is 191 Å². The minimum Gasteiger partial charge on any atom is -0.506 e. The summed E-state index contributed by atoms with van der Waals surface area (Å²) in [6.45, 7) is 7.41. The number of aryl methyl sites for hydroxylation is 3. The van der Waals surface area contributed by atoms with Crippen molar-refractivity contribution in [3.8, 4) is 28.0 Å². The number of anilines is 6. The van der Waals surface area contributed by atoms with E-state index >= 15 is 0 Å². The summed E-state index contributed by atoms with van der Waals surface area (Å²) in [5, 5.41) is 19.4. The fourth-order valence-corrected chi connectivity index (χ4v) is 7.82. The van der Waals surface area contributed by atoms with Crippen LogP contribution in [0.2, 0.25) is 0 Å². The molecule has 0 radical (unpaired) electrons. The number of hydrogen-bond donors (Lipinski definition) is 2. The third kappa shape index (κ3) is 8.10. The van der Waals surface area contributed by atoms with Crippen molar-refractivity contribution in [2.45, 2.75) is 27.7 Å². The van der Waals surface area contributed by atoms with E-state index in [0.29, 0.717) is 27.6 Å². The number of aromatic hydroxyl groups is 1. The molecule has 0 unspecified atom stereocenters. The molecule has 0 atom stereocenters. The summed E-state index contributed by atoms with van der Waals surface area (Å²) in [6, 6.07) is 60.6. The number of carboxylic acid groups (broad SMARTS) is 1. The molecule has 0 aliphatic heterocycles. The van der Waals surface area contributed by atoms with Gasteiger partial charge in [0.15, 0.2) is 0 Å². The van der Waals surface area contributed by atoms with Gasteiger partial charge in [0.25, 0.3) is 5.97 Å². The molecule has 0 spiro atoms. The Morgan fingerprint density at radius 3 is 1.44 bits per heavy atom. The average Bonchev–Trinajstić information content (AvgIpc) is 3.26. The van der Waals surface area contributed by atoms with Crippen LogP contribution in [0.1, 0.15) is 23.6 Å². The lowest BCUT2D eigenvalue weighted by molar-refractivity contribution is -0.134. The Kier molecular flexibility index (Phi) is 11.2. The van der Waals surface area contributed by atoms with Crippen LogP contribution in [-0.2, 0) is 4.79 Å². The van der Waals surface area contributed by atoms with Crippen molar-refractivity contribution in [2.75, 3.05) is 9.80 Å². The Morgan fingerprint density at radius 2 is 0.934 bits per heavy atom. The molecular formula is C54H44N2O5. The van der Waals surface area contributed by atoms with Crippen LogP contribution in [0.3, 0.4) is 0 Å². The van der Waals surface area contributed by atoms with Gasteiger partial charge in [-0.2, -0.15) is 0 Å². The zero-order chi connectivity index (χ0) is 42.6. The molecule has 61 heavy (non-hydrogen) atoms. The van der Waals surface area contributed by atoms with E-state index in [2.05, 4.69) is 128 Å². The highest BCUT2D eigenvalue weighted by Crippen LogP contribution is 2.42. The number of nitrogens with zero attached hydrogens (tertiary/aromatic N) is 2. The van der Waals surface area contributed by atoms with Crippen LogP contribution in [0.5, 0.6) is 5.75 Å². The minimum absolute atomic E-state index is 0.0641. The van der Waals surface area contributed by atoms with E-state index in [4.69, 9.17) is 14.3 Å². The molecule has 1 aromatic heterocycles. The zero-order valence-corrected chi connectivity index (χ0v) is 34.3. The molecule has 2 N–H and O–H groups in total. The van der Waals surface area contributed by atoms with Crippen molar-refractivity contribution in [3.63, 3.8) is 0 Å². The molecule has 0 amide bonds. The monoisotopic (exact) mass is 800 g/mol. The largest absolute Gasteiger partial charge is 0.506 e. The van der Waals surface area contributed by atoms with Gasteiger partial charge in [-0.15, -0.1) is 0 Å². The number of aliphatic carboxylic acids is 1. The van der Waals surface area contributed by atoms with E-state index in [0.717, 1.165) is 63.2 Å². The highest BCUT2D eigenvalue weighted by molar-refractivity contribution is 6.00. The standard InChI is InChI=1S/C52H40N2O3.C2H4O2/c1-34-13-4-7-17-44(34)53(45-18-8-5-14-35(45)2)40-30-25-38(26-31-40)42-16-12-22-49-51(42)52(56)43-32-27-39(33-50(43)57-49)37-23-28-41(29-24-37)54(46-19-9-6-15-36(46)3)47-20-10-11-21-48(47)55;1-2(3)4/h4-33,55H,1-3H3;1H3,(H,3,4). The van der Waals surface area contributed by atoms with Gasteiger partial charge in [-0.1, -0.05) is 109 Å². The van der Waals surface area contributed by atoms with Crippen molar-refractivity contribution in [1.29, 1.82) is 0 Å². The van der Waals surface area contributed by atoms with Crippen LogP contribution in [0.4, 0.5) is 34.1 Å². The quantitative estimate of drug-likeness (QED) is 0.148. The fourth-order valence-electron chi connectivity index (χ4n) is 7.82. The van der Waals surface area contributed by atoms with Crippen LogP contribution in [0.25, 0.3) is 44.2 Å². The molecule has 7 nitrogen and oxygen atoms in total. The molecule has 300 valence electrons. The second-order valence-electron chi connectivity index (χ2n) is 15.0. The van der Waals surface area contributed by atoms with Crippen molar-refractivity contribution >= 4 is 62.0 Å². The number of carboxylic acids is 1. The Labute approximate surface area is 354 Å². The van der Waals surface area contributed by atoms with Gasteiger partial charge in [-0.3, -0.25) is 9.59 Å². The number of fused-ring (bicyclic) bond motifs is 2.